The number of rotatable bonds is 1. The molecular formula is C13H19N5O. The van der Waals surface area contributed by atoms with Crippen LogP contribution in [-0.4, -0.2) is 57.6 Å². The van der Waals surface area contributed by atoms with E-state index < -0.39 is 0 Å². The summed E-state index contributed by atoms with van der Waals surface area (Å²) in [6.45, 7) is 7.73. The molecule has 1 aromatic rings. The van der Waals surface area contributed by atoms with E-state index in [4.69, 9.17) is 5.26 Å². The number of aromatic nitrogens is 2. The number of nitrogens with zero attached hydrogens (tertiary/aromatic N) is 5. The molecular weight excluding hydrogens is 242 g/mol. The summed E-state index contributed by atoms with van der Waals surface area (Å²) in [5.74, 6) is 0. The summed E-state index contributed by atoms with van der Waals surface area (Å²) in [6, 6.07) is 2.34. The van der Waals surface area contributed by atoms with Gasteiger partial charge in [0.15, 0.2) is 5.69 Å². The minimum Gasteiger partial charge on any atom is -0.323 e. The lowest BCUT2D eigenvalue weighted by atomic mass is 10.3. The van der Waals surface area contributed by atoms with Crippen molar-refractivity contribution in [3.63, 3.8) is 0 Å². The molecule has 0 bridgehead atoms. The third-order valence-electron chi connectivity index (χ3n) is 3.45. The molecule has 0 spiro atoms. The first-order chi connectivity index (χ1) is 9.11. The smallest absolute Gasteiger partial charge is 0.323 e. The van der Waals surface area contributed by atoms with Crippen LogP contribution in [0.15, 0.2) is 12.5 Å². The summed E-state index contributed by atoms with van der Waals surface area (Å²) < 4.78 is 1.39. The first-order valence-electron chi connectivity index (χ1n) is 6.59. The maximum Gasteiger partial charge on any atom is 0.329 e. The Labute approximate surface area is 113 Å². The lowest BCUT2D eigenvalue weighted by Crippen LogP contribution is -2.38. The standard InChI is InChI=1S/C13H19N5O/c1-11(2)16-4-3-5-17(7-6-16)13(19)18-9-12(8-14)15-10-18/h9-11H,3-7H2,1-2H3. The maximum atomic E-state index is 12.3. The molecule has 1 aliphatic rings. The van der Waals surface area contributed by atoms with Crippen LogP contribution in [0.25, 0.3) is 0 Å². The molecule has 0 aromatic carbocycles. The van der Waals surface area contributed by atoms with Gasteiger partial charge >= 0.3 is 6.03 Å². The normalized spacial score (nSPS) is 17.3. The summed E-state index contributed by atoms with van der Waals surface area (Å²) in [5.41, 5.74) is 0.270. The van der Waals surface area contributed by atoms with Crippen molar-refractivity contribution in [2.75, 3.05) is 26.2 Å². The molecule has 6 heteroatoms. The van der Waals surface area contributed by atoms with E-state index in [1.54, 1.807) is 0 Å². The van der Waals surface area contributed by atoms with Crippen LogP contribution in [0.5, 0.6) is 0 Å². The van der Waals surface area contributed by atoms with Crippen molar-refractivity contribution < 1.29 is 4.79 Å². The second kappa shape index (κ2) is 5.85. The fourth-order valence-electron chi connectivity index (χ4n) is 2.29. The van der Waals surface area contributed by atoms with E-state index in [9.17, 15) is 4.79 Å². The summed E-state index contributed by atoms with van der Waals surface area (Å²) in [5, 5.41) is 8.73. The number of hydrogen-bond donors (Lipinski definition) is 0. The summed E-state index contributed by atoms with van der Waals surface area (Å²) in [6.07, 6.45) is 3.86. The lowest BCUT2D eigenvalue weighted by molar-refractivity contribution is 0.195. The number of imidazole rings is 1. The Morgan fingerprint density at radius 2 is 2.16 bits per heavy atom. The van der Waals surface area contributed by atoms with E-state index in [0.717, 1.165) is 32.6 Å². The molecule has 0 N–H and O–H groups in total. The van der Waals surface area contributed by atoms with Gasteiger partial charge in [0.25, 0.3) is 0 Å². The molecule has 2 rings (SSSR count). The predicted molar refractivity (Wildman–Crippen MR) is 70.6 cm³/mol. The summed E-state index contributed by atoms with van der Waals surface area (Å²) in [7, 11) is 0. The van der Waals surface area contributed by atoms with E-state index in [1.807, 2.05) is 11.0 Å². The average molecular weight is 261 g/mol. The molecule has 102 valence electrons. The van der Waals surface area contributed by atoms with E-state index in [-0.39, 0.29) is 11.7 Å². The van der Waals surface area contributed by atoms with E-state index in [1.165, 1.54) is 17.1 Å². The average Bonchev–Trinajstić information content (AvgIpc) is 2.74. The number of amides is 1. The van der Waals surface area contributed by atoms with Crippen LogP contribution >= 0.6 is 0 Å². The fraction of sp³-hybridized carbons (Fsp3) is 0.615. The molecule has 1 aliphatic heterocycles. The van der Waals surface area contributed by atoms with Crippen LogP contribution < -0.4 is 0 Å². The summed E-state index contributed by atoms with van der Waals surface area (Å²) in [4.78, 5) is 20.3. The van der Waals surface area contributed by atoms with Gasteiger partial charge in [0, 0.05) is 32.2 Å². The predicted octanol–water partition coefficient (Wildman–Crippen LogP) is 1.14. The topological polar surface area (TPSA) is 65.2 Å². The largest absolute Gasteiger partial charge is 0.329 e. The maximum absolute atomic E-state index is 12.3. The van der Waals surface area contributed by atoms with E-state index in [2.05, 4.69) is 23.7 Å². The van der Waals surface area contributed by atoms with Gasteiger partial charge in [-0.25, -0.2) is 9.78 Å². The quantitative estimate of drug-likeness (QED) is 0.760. The third-order valence-corrected chi connectivity index (χ3v) is 3.45. The first-order valence-corrected chi connectivity index (χ1v) is 6.59. The van der Waals surface area contributed by atoms with Crippen molar-refractivity contribution in [2.24, 2.45) is 0 Å². The molecule has 0 atom stereocenters. The van der Waals surface area contributed by atoms with Crippen molar-refractivity contribution in [3.8, 4) is 6.07 Å². The van der Waals surface area contributed by atoms with E-state index >= 15 is 0 Å². The minimum atomic E-state index is -0.0976. The SMILES string of the molecule is CC(C)N1CCCN(C(=O)n2cnc(C#N)c2)CC1. The highest BCUT2D eigenvalue weighted by molar-refractivity contribution is 5.77. The van der Waals surface area contributed by atoms with E-state index in [0.29, 0.717) is 6.04 Å². The lowest BCUT2D eigenvalue weighted by Gasteiger charge is -2.24. The Kier molecular flexibility index (Phi) is 4.17. The van der Waals surface area contributed by atoms with Gasteiger partial charge in [-0.3, -0.25) is 9.47 Å². The zero-order chi connectivity index (χ0) is 13.8. The Morgan fingerprint density at radius 1 is 1.37 bits per heavy atom. The highest BCUT2D eigenvalue weighted by Crippen LogP contribution is 2.08. The molecule has 6 nitrogen and oxygen atoms in total. The molecule has 0 aliphatic carbocycles. The highest BCUT2D eigenvalue weighted by atomic mass is 16.2. The van der Waals surface area contributed by atoms with Gasteiger partial charge in [0.1, 0.15) is 12.4 Å². The van der Waals surface area contributed by atoms with Gasteiger partial charge in [-0.05, 0) is 20.3 Å². The van der Waals surface area contributed by atoms with Crippen LogP contribution in [-0.2, 0) is 0 Å². The molecule has 1 amide bonds. The van der Waals surface area contributed by atoms with Crippen molar-refractivity contribution in [1.29, 1.82) is 5.26 Å². The second-order valence-electron chi connectivity index (χ2n) is 5.03. The second-order valence-corrected chi connectivity index (χ2v) is 5.03. The Hall–Kier alpha value is -1.87. The molecule has 0 radical (unpaired) electrons. The van der Waals surface area contributed by atoms with Crippen molar-refractivity contribution in [3.05, 3.63) is 18.2 Å². The number of hydrogen-bond acceptors (Lipinski definition) is 4. The summed E-state index contributed by atoms with van der Waals surface area (Å²) >= 11 is 0. The van der Waals surface area contributed by atoms with Crippen LogP contribution in [0.4, 0.5) is 4.79 Å². The Bertz CT molecular complexity index is 487. The van der Waals surface area contributed by atoms with Crippen LogP contribution in [0.1, 0.15) is 26.0 Å². The first kappa shape index (κ1) is 13.6. The molecule has 1 saturated heterocycles. The molecule has 1 aromatic heterocycles. The fourth-order valence-corrected chi connectivity index (χ4v) is 2.29. The number of nitriles is 1. The third kappa shape index (κ3) is 3.12. The number of carbonyl (C=O) groups is 1. The van der Waals surface area contributed by atoms with Gasteiger partial charge in [-0.15, -0.1) is 0 Å². The van der Waals surface area contributed by atoms with Crippen LogP contribution in [0.2, 0.25) is 0 Å². The van der Waals surface area contributed by atoms with Gasteiger partial charge in [-0.1, -0.05) is 0 Å². The van der Waals surface area contributed by atoms with Crippen LogP contribution in [0.3, 0.4) is 0 Å². The van der Waals surface area contributed by atoms with Crippen molar-refractivity contribution in [2.45, 2.75) is 26.3 Å². The minimum absolute atomic E-state index is 0.0976. The van der Waals surface area contributed by atoms with Crippen molar-refractivity contribution in [1.82, 2.24) is 19.4 Å². The van der Waals surface area contributed by atoms with Gasteiger partial charge in [-0.2, -0.15) is 5.26 Å². The Morgan fingerprint density at radius 3 is 2.79 bits per heavy atom. The zero-order valence-corrected chi connectivity index (χ0v) is 11.4. The van der Waals surface area contributed by atoms with Crippen LogP contribution in [0, 0.1) is 11.3 Å². The monoisotopic (exact) mass is 261 g/mol. The van der Waals surface area contributed by atoms with Gasteiger partial charge < -0.3 is 4.90 Å². The van der Waals surface area contributed by atoms with Gasteiger partial charge in [0.05, 0.1) is 6.20 Å². The van der Waals surface area contributed by atoms with Gasteiger partial charge in [0.2, 0.25) is 0 Å². The zero-order valence-electron chi connectivity index (χ0n) is 11.4. The molecule has 0 saturated carbocycles. The molecule has 2 heterocycles. The number of carbonyl (C=O) groups excluding carboxylic acids is 1. The Balaban J connectivity index is 2.02. The molecule has 1 fully saturated rings. The highest BCUT2D eigenvalue weighted by Gasteiger charge is 2.21. The molecule has 0 unspecified atom stereocenters. The van der Waals surface area contributed by atoms with Crippen molar-refractivity contribution >= 4 is 6.03 Å². The molecule has 19 heavy (non-hydrogen) atoms.